The molecule has 3 aromatic carbocycles. The van der Waals surface area contributed by atoms with E-state index in [1.165, 1.54) is 0 Å². The first-order valence-electron chi connectivity index (χ1n) is 14.6. The van der Waals surface area contributed by atoms with E-state index < -0.39 is 85.3 Å². The fraction of sp³-hybridized carbons (Fsp3) is 0.406. The number of aliphatic hydroxyl groups is 1. The topological polar surface area (TPSA) is 92.7 Å². The van der Waals surface area contributed by atoms with Crippen LogP contribution in [-0.2, 0) is 36.3 Å². The van der Waals surface area contributed by atoms with Crippen molar-refractivity contribution in [1.29, 1.82) is 0 Å². The molecule has 48 heavy (non-hydrogen) atoms. The Morgan fingerprint density at radius 3 is 1.81 bits per heavy atom. The smallest absolute Gasteiger partial charge is 0.380 e. The highest BCUT2D eigenvalue weighted by molar-refractivity contribution is 7.92. The number of nitrogens with one attached hydrogen (secondary N) is 1. The lowest BCUT2D eigenvalue weighted by atomic mass is 9.79. The molecule has 6 nitrogen and oxygen atoms in total. The Hall–Kier alpha value is -3.63. The van der Waals surface area contributed by atoms with E-state index in [2.05, 4.69) is 10.1 Å². The molecule has 0 aromatic heterocycles. The van der Waals surface area contributed by atoms with Crippen LogP contribution in [0.2, 0.25) is 0 Å². The molecule has 3 aromatic rings. The van der Waals surface area contributed by atoms with Gasteiger partial charge in [-0.25, -0.2) is 21.6 Å². The first-order chi connectivity index (χ1) is 22.3. The summed E-state index contributed by atoms with van der Waals surface area (Å²) in [5, 5.41) is 12.8. The van der Waals surface area contributed by atoms with E-state index in [4.69, 9.17) is 0 Å². The summed E-state index contributed by atoms with van der Waals surface area (Å²) in [4.78, 5) is 12.0. The van der Waals surface area contributed by atoms with Crippen LogP contribution in [0.25, 0.3) is 0 Å². The van der Waals surface area contributed by atoms with Gasteiger partial charge in [0.25, 0.3) is 11.5 Å². The third kappa shape index (κ3) is 6.17. The zero-order chi connectivity index (χ0) is 35.3. The van der Waals surface area contributed by atoms with Crippen molar-refractivity contribution in [3.05, 3.63) is 101 Å². The monoisotopic (exact) mass is 709 g/mol. The molecule has 260 valence electrons. The van der Waals surface area contributed by atoms with Gasteiger partial charge in [0.1, 0.15) is 27.8 Å². The zero-order valence-corrected chi connectivity index (χ0v) is 25.6. The molecule has 5 rings (SSSR count). The number of sulfone groups is 1. The second kappa shape index (κ2) is 12.4. The highest BCUT2D eigenvalue weighted by atomic mass is 32.2. The fourth-order valence-corrected chi connectivity index (χ4v) is 8.21. The molecule has 0 heterocycles. The van der Waals surface area contributed by atoms with Crippen molar-refractivity contribution in [1.82, 2.24) is 5.32 Å². The van der Waals surface area contributed by atoms with Gasteiger partial charge in [0.15, 0.2) is 9.84 Å². The lowest BCUT2D eigenvalue weighted by Gasteiger charge is -2.41. The molecule has 2 aliphatic carbocycles. The molecule has 0 aliphatic heterocycles. The molecule has 0 saturated heterocycles. The van der Waals surface area contributed by atoms with Crippen molar-refractivity contribution in [2.24, 2.45) is 0 Å². The Morgan fingerprint density at radius 2 is 1.33 bits per heavy atom. The Kier molecular flexibility index (Phi) is 9.18. The highest BCUT2D eigenvalue weighted by Crippen LogP contribution is 2.54. The number of carbonyl (C=O) groups is 1. The average molecular weight is 710 g/mol. The van der Waals surface area contributed by atoms with Crippen LogP contribution in [0, 0.1) is 17.5 Å². The van der Waals surface area contributed by atoms with Crippen LogP contribution in [0.15, 0.2) is 71.6 Å². The molecule has 0 atom stereocenters. The van der Waals surface area contributed by atoms with Gasteiger partial charge in [-0.05, 0) is 80.5 Å². The van der Waals surface area contributed by atoms with Gasteiger partial charge in [-0.3, -0.25) is 4.79 Å². The first-order valence-corrected chi connectivity index (χ1v) is 16.1. The van der Waals surface area contributed by atoms with Gasteiger partial charge in [-0.15, -0.1) is 0 Å². The molecular weight excluding hydrogens is 681 g/mol. The van der Waals surface area contributed by atoms with E-state index in [0.717, 1.165) is 42.5 Å². The summed E-state index contributed by atoms with van der Waals surface area (Å²) in [7, 11) is -4.51. The van der Waals surface area contributed by atoms with Gasteiger partial charge < -0.3 is 15.2 Å². The Morgan fingerprint density at radius 1 is 0.812 bits per heavy atom. The Labute approximate surface area is 268 Å². The van der Waals surface area contributed by atoms with E-state index >= 15 is 0 Å². The number of benzene rings is 3. The minimum Gasteiger partial charge on any atom is -0.380 e. The quantitative estimate of drug-likeness (QED) is 0.187. The van der Waals surface area contributed by atoms with Gasteiger partial charge in [0.2, 0.25) is 0 Å². The van der Waals surface area contributed by atoms with Crippen LogP contribution in [0.5, 0.6) is 0 Å². The summed E-state index contributed by atoms with van der Waals surface area (Å²) in [6, 6.07) is 7.58. The first kappa shape index (κ1) is 35.7. The molecule has 2 fully saturated rings. The molecule has 0 unspecified atom stereocenters. The zero-order valence-electron chi connectivity index (χ0n) is 24.8. The van der Waals surface area contributed by atoms with Gasteiger partial charge in [0, 0.05) is 17.2 Å². The lowest BCUT2D eigenvalue weighted by Crippen LogP contribution is -2.56. The third-order valence-corrected chi connectivity index (χ3v) is 11.6. The summed E-state index contributed by atoms with van der Waals surface area (Å²) in [5.74, 6) is -4.27. The van der Waals surface area contributed by atoms with Crippen molar-refractivity contribution in [3.8, 4) is 0 Å². The summed E-state index contributed by atoms with van der Waals surface area (Å²) in [6.07, 6.45) is -12.5. The van der Waals surface area contributed by atoms with Gasteiger partial charge in [0.05, 0.1) is 11.5 Å². The minimum atomic E-state index is -6.21. The standard InChI is InChI=1S/C32H28F9NO5S/c33-21-8-10-23(11-9-21)48(45,46)29(14-12-22(13-15-29)42-27(43)28(44)16-17-28)19-4-6-20(7-5-19)30(31(36,37)38,32(39,40)41)47-18-24-25(34)2-1-3-26(24)35/h1-11,22,44H,12-18H2,(H,42,43)/t22-,29+. The van der Waals surface area contributed by atoms with E-state index in [1.807, 2.05) is 0 Å². The van der Waals surface area contributed by atoms with Crippen molar-refractivity contribution in [2.75, 3.05) is 0 Å². The van der Waals surface area contributed by atoms with Gasteiger partial charge >= 0.3 is 12.4 Å². The predicted octanol–water partition coefficient (Wildman–Crippen LogP) is 6.89. The number of rotatable bonds is 9. The third-order valence-electron chi connectivity index (χ3n) is 9.02. The number of ether oxygens (including phenoxy) is 1. The van der Waals surface area contributed by atoms with E-state index in [9.17, 15) is 57.8 Å². The minimum absolute atomic E-state index is 0.00362. The largest absolute Gasteiger partial charge is 0.430 e. The molecule has 1 amide bonds. The molecule has 2 N–H and O–H groups in total. The fourth-order valence-electron chi connectivity index (χ4n) is 6.04. The molecule has 0 spiro atoms. The average Bonchev–Trinajstić information content (AvgIpc) is 3.77. The maximum Gasteiger partial charge on any atom is 0.430 e. The van der Waals surface area contributed by atoms with Crippen molar-refractivity contribution < 1.29 is 62.6 Å². The molecule has 16 heteroatoms. The normalized spacial score (nSPS) is 21.5. The van der Waals surface area contributed by atoms with Crippen molar-refractivity contribution >= 4 is 15.7 Å². The number of alkyl halides is 6. The molecule has 0 radical (unpaired) electrons. The summed E-state index contributed by atoms with van der Waals surface area (Å²) >= 11 is 0. The predicted molar refractivity (Wildman–Crippen MR) is 151 cm³/mol. The van der Waals surface area contributed by atoms with Gasteiger partial charge in [-0.2, -0.15) is 26.3 Å². The van der Waals surface area contributed by atoms with Crippen LogP contribution in [-0.4, -0.2) is 43.4 Å². The Balaban J connectivity index is 1.56. The van der Waals surface area contributed by atoms with Crippen LogP contribution >= 0.6 is 0 Å². The van der Waals surface area contributed by atoms with E-state index in [1.54, 1.807) is 0 Å². The summed E-state index contributed by atoms with van der Waals surface area (Å²) < 4.78 is 159. The Bertz CT molecular complexity index is 1730. The van der Waals surface area contributed by atoms with Crippen molar-refractivity contribution in [2.45, 2.75) is 84.4 Å². The molecule has 2 saturated carbocycles. The number of hydrogen-bond acceptors (Lipinski definition) is 5. The lowest BCUT2D eigenvalue weighted by molar-refractivity contribution is -0.392. The second-order valence-corrected chi connectivity index (χ2v) is 14.2. The van der Waals surface area contributed by atoms with Gasteiger partial charge in [-0.1, -0.05) is 30.3 Å². The second-order valence-electron chi connectivity index (χ2n) is 12.0. The maximum atomic E-state index is 14.5. The van der Waals surface area contributed by atoms with Crippen LogP contribution in [0.4, 0.5) is 39.5 Å². The SMILES string of the molecule is O=C(N[C@H]1CC[C@@](c2ccc(C(OCc3c(F)cccc3F)(C(F)(F)F)C(F)(F)F)cc2)(S(=O)(=O)c2ccc(F)cc2)CC1)C1(O)CC1. The molecular formula is C32H28F9NO5S. The number of hydrogen-bond donors (Lipinski definition) is 2. The van der Waals surface area contributed by atoms with E-state index in [-0.39, 0.29) is 49.0 Å². The maximum absolute atomic E-state index is 14.5. The van der Waals surface area contributed by atoms with Crippen LogP contribution in [0.3, 0.4) is 0 Å². The molecule has 0 bridgehead atoms. The molecule has 2 aliphatic rings. The van der Waals surface area contributed by atoms with Crippen LogP contribution in [0.1, 0.15) is 55.2 Å². The highest BCUT2D eigenvalue weighted by Gasteiger charge is 2.73. The summed E-state index contributed by atoms with van der Waals surface area (Å²) in [6.45, 7) is -1.76. The summed E-state index contributed by atoms with van der Waals surface area (Å²) in [5.41, 5.74) is -9.50. The van der Waals surface area contributed by atoms with E-state index in [0.29, 0.717) is 24.3 Å². The number of halogens is 9. The number of carbonyl (C=O) groups excluding carboxylic acids is 1. The number of amides is 1. The van der Waals surface area contributed by atoms with Crippen molar-refractivity contribution in [3.63, 3.8) is 0 Å². The van der Waals surface area contributed by atoms with Crippen LogP contribution < -0.4 is 5.32 Å².